The van der Waals surface area contributed by atoms with Crippen molar-refractivity contribution >= 4 is 47.7 Å². The van der Waals surface area contributed by atoms with Crippen LogP contribution in [-0.4, -0.2) is 13.4 Å². The molecule has 24 heavy (non-hydrogen) atoms. The quantitative estimate of drug-likeness (QED) is 0.568. The van der Waals surface area contributed by atoms with Gasteiger partial charge in [-0.2, -0.15) is 0 Å². The van der Waals surface area contributed by atoms with Crippen LogP contribution in [0.2, 0.25) is 0 Å². The van der Waals surface area contributed by atoms with Gasteiger partial charge in [0.2, 0.25) is 0 Å². The maximum atomic E-state index is 12.5. The highest BCUT2D eigenvalue weighted by atomic mass is 32.2. The van der Waals surface area contributed by atoms with Crippen LogP contribution in [0.5, 0.6) is 0 Å². The molecule has 4 aromatic rings. The molecule has 0 aliphatic rings. The lowest BCUT2D eigenvalue weighted by Gasteiger charge is -2.04. The van der Waals surface area contributed by atoms with Crippen molar-refractivity contribution < 1.29 is 12.8 Å². The molecule has 2 aromatic carbocycles. The lowest BCUT2D eigenvalue weighted by atomic mass is 10.2. The van der Waals surface area contributed by atoms with E-state index in [4.69, 9.17) is 4.42 Å². The maximum absolute atomic E-state index is 12.5. The van der Waals surface area contributed by atoms with Gasteiger partial charge in [-0.3, -0.25) is 4.72 Å². The highest BCUT2D eigenvalue weighted by molar-refractivity contribution is 7.93. The molecule has 6 nitrogen and oxygen atoms in total. The van der Waals surface area contributed by atoms with Gasteiger partial charge in [-0.25, -0.2) is 18.2 Å². The van der Waals surface area contributed by atoms with Crippen LogP contribution in [0.25, 0.3) is 21.2 Å². The van der Waals surface area contributed by atoms with Gasteiger partial charge in [-0.05, 0) is 24.3 Å². The van der Waals surface area contributed by atoms with Gasteiger partial charge in [-0.15, -0.1) is 0 Å². The highest BCUT2D eigenvalue weighted by Crippen LogP contribution is 2.27. The summed E-state index contributed by atoms with van der Waals surface area (Å²) >= 11 is 1.19. The Morgan fingerprint density at radius 3 is 2.62 bits per heavy atom. The Balaban J connectivity index is 1.79. The Morgan fingerprint density at radius 2 is 1.79 bits per heavy atom. The van der Waals surface area contributed by atoms with E-state index in [0.29, 0.717) is 16.5 Å². The molecule has 0 radical (unpaired) electrons. The van der Waals surface area contributed by atoms with Crippen molar-refractivity contribution in [3.05, 3.63) is 65.0 Å². The number of fused-ring (bicyclic) bond motifs is 2. The van der Waals surface area contributed by atoms with Gasteiger partial charge in [0.05, 0.1) is 10.2 Å². The first-order chi connectivity index (χ1) is 11.5. The molecule has 2 aromatic heterocycles. The largest absolute Gasteiger partial charge is 0.422 e. The van der Waals surface area contributed by atoms with E-state index in [-0.39, 0.29) is 5.13 Å². The number of sulfonamides is 1. The van der Waals surface area contributed by atoms with Crippen LogP contribution in [-0.2, 0) is 10.0 Å². The second kappa shape index (κ2) is 5.43. The van der Waals surface area contributed by atoms with Gasteiger partial charge in [0.1, 0.15) is 5.58 Å². The molecule has 0 atom stereocenters. The zero-order valence-electron chi connectivity index (χ0n) is 12.1. The molecule has 0 bridgehead atoms. The van der Waals surface area contributed by atoms with Crippen LogP contribution < -0.4 is 10.3 Å². The van der Waals surface area contributed by atoms with Crippen molar-refractivity contribution in [1.29, 1.82) is 0 Å². The van der Waals surface area contributed by atoms with E-state index < -0.39 is 20.5 Å². The number of benzene rings is 2. The molecular formula is C16H10N2O4S2. The average Bonchev–Trinajstić information content (AvgIpc) is 2.95. The van der Waals surface area contributed by atoms with Crippen molar-refractivity contribution in [2.24, 2.45) is 0 Å². The minimum absolute atomic E-state index is 0.198. The van der Waals surface area contributed by atoms with Crippen LogP contribution in [0.3, 0.4) is 0 Å². The molecule has 120 valence electrons. The molecular weight excluding hydrogens is 348 g/mol. The zero-order chi connectivity index (χ0) is 16.7. The number of anilines is 1. The van der Waals surface area contributed by atoms with Crippen LogP contribution >= 0.6 is 11.3 Å². The van der Waals surface area contributed by atoms with Crippen LogP contribution in [0, 0.1) is 0 Å². The minimum Gasteiger partial charge on any atom is -0.422 e. The van der Waals surface area contributed by atoms with Gasteiger partial charge in [0, 0.05) is 5.39 Å². The molecule has 1 N–H and O–H groups in total. The lowest BCUT2D eigenvalue weighted by molar-refractivity contribution is 0.534. The molecule has 8 heteroatoms. The van der Waals surface area contributed by atoms with E-state index in [9.17, 15) is 13.2 Å². The highest BCUT2D eigenvalue weighted by Gasteiger charge is 2.22. The number of aromatic nitrogens is 1. The minimum atomic E-state index is -4.09. The van der Waals surface area contributed by atoms with Gasteiger partial charge >= 0.3 is 5.63 Å². The van der Waals surface area contributed by atoms with Crippen LogP contribution in [0.4, 0.5) is 5.13 Å². The summed E-state index contributed by atoms with van der Waals surface area (Å²) in [5.74, 6) is 0. The molecule has 4 rings (SSSR count). The maximum Gasteiger partial charge on any atom is 0.357 e. The van der Waals surface area contributed by atoms with Crippen LogP contribution in [0.1, 0.15) is 0 Å². The first-order valence-corrected chi connectivity index (χ1v) is 9.24. The first kappa shape index (κ1) is 14.9. The fourth-order valence-electron chi connectivity index (χ4n) is 2.32. The van der Waals surface area contributed by atoms with Gasteiger partial charge in [0.15, 0.2) is 10.0 Å². The topological polar surface area (TPSA) is 89.3 Å². The Morgan fingerprint density at radius 1 is 1.04 bits per heavy atom. The second-order valence-electron chi connectivity index (χ2n) is 5.03. The van der Waals surface area contributed by atoms with E-state index >= 15 is 0 Å². The summed E-state index contributed by atoms with van der Waals surface area (Å²) in [5.41, 5.74) is 0.106. The molecule has 0 aliphatic heterocycles. The van der Waals surface area contributed by atoms with E-state index in [1.54, 1.807) is 30.3 Å². The Kier molecular flexibility index (Phi) is 3.36. The molecule has 0 saturated carbocycles. The third-order valence-corrected chi connectivity index (χ3v) is 5.82. The summed E-state index contributed by atoms with van der Waals surface area (Å²) < 4.78 is 33.4. The normalized spacial score (nSPS) is 11.8. The number of nitrogens with one attached hydrogen (secondary N) is 1. The summed E-state index contributed by atoms with van der Waals surface area (Å²) in [7, 11) is -4.09. The molecule has 0 aliphatic carbocycles. The first-order valence-electron chi connectivity index (χ1n) is 6.94. The third-order valence-electron chi connectivity index (χ3n) is 3.41. The molecule has 2 heterocycles. The number of hydrogen-bond donors (Lipinski definition) is 1. The number of thiazole rings is 1. The summed E-state index contributed by atoms with van der Waals surface area (Å²) in [4.78, 5) is 15.8. The summed E-state index contributed by atoms with van der Waals surface area (Å²) in [6.07, 6.45) is 0. The fourth-order valence-corrected chi connectivity index (χ4v) is 4.46. The monoisotopic (exact) mass is 358 g/mol. The summed E-state index contributed by atoms with van der Waals surface area (Å²) in [5, 5.41) is 0.727. The van der Waals surface area contributed by atoms with Gasteiger partial charge < -0.3 is 4.42 Å². The predicted octanol–water partition coefficient (Wildman–Crippen LogP) is 3.20. The second-order valence-corrected chi connectivity index (χ2v) is 7.71. The van der Waals surface area contributed by atoms with E-state index in [0.717, 1.165) is 4.70 Å². The molecule has 0 saturated heterocycles. The number of rotatable bonds is 3. The average molecular weight is 358 g/mol. The molecule has 0 fully saturated rings. The van der Waals surface area contributed by atoms with Crippen molar-refractivity contribution in [3.8, 4) is 0 Å². The molecule has 0 spiro atoms. The summed E-state index contributed by atoms with van der Waals surface area (Å²) in [6, 6.07) is 15.3. The molecule has 0 unspecified atom stereocenters. The SMILES string of the molecule is O=c1oc2ccccc2cc1S(=O)(=O)Nc1nc2ccccc2s1. The number of hydrogen-bond acceptors (Lipinski definition) is 6. The van der Waals surface area contributed by atoms with Crippen molar-refractivity contribution in [3.63, 3.8) is 0 Å². The van der Waals surface area contributed by atoms with Crippen molar-refractivity contribution in [2.45, 2.75) is 4.90 Å². The number of nitrogens with zero attached hydrogens (tertiary/aromatic N) is 1. The Bertz CT molecular complexity index is 1190. The predicted molar refractivity (Wildman–Crippen MR) is 92.9 cm³/mol. The Hall–Kier alpha value is -2.71. The van der Waals surface area contributed by atoms with E-state index in [1.807, 2.05) is 18.2 Å². The van der Waals surface area contributed by atoms with Crippen molar-refractivity contribution in [1.82, 2.24) is 4.98 Å². The Labute approximate surface area is 140 Å². The van der Waals surface area contributed by atoms with Crippen molar-refractivity contribution in [2.75, 3.05) is 4.72 Å². The third kappa shape index (κ3) is 2.55. The molecule has 0 amide bonds. The summed E-state index contributed by atoms with van der Waals surface area (Å²) in [6.45, 7) is 0. The van der Waals surface area contributed by atoms with E-state index in [1.165, 1.54) is 17.4 Å². The zero-order valence-corrected chi connectivity index (χ0v) is 13.7. The van der Waals surface area contributed by atoms with Gasteiger partial charge in [-0.1, -0.05) is 41.7 Å². The number of para-hydroxylation sites is 2. The van der Waals surface area contributed by atoms with Crippen LogP contribution in [0.15, 0.2) is 68.7 Å². The smallest absolute Gasteiger partial charge is 0.357 e. The van der Waals surface area contributed by atoms with Gasteiger partial charge in [0.25, 0.3) is 10.0 Å². The fraction of sp³-hybridized carbons (Fsp3) is 0. The van der Waals surface area contributed by atoms with E-state index in [2.05, 4.69) is 9.71 Å². The standard InChI is InChI=1S/C16H10N2O4S2/c19-15-14(9-10-5-1-3-7-12(10)22-15)24(20,21)18-16-17-11-6-2-4-8-13(11)23-16/h1-9H,(H,17,18). The lowest BCUT2D eigenvalue weighted by Crippen LogP contribution is -2.20.